The van der Waals surface area contributed by atoms with Crippen LogP contribution in [0.5, 0.6) is 0 Å². The lowest BCUT2D eigenvalue weighted by Crippen LogP contribution is -2.59. The number of Topliss-reactive ketones (excluding diaryl/α,β-unsaturated/α-hetero) is 1. The summed E-state index contributed by atoms with van der Waals surface area (Å²) in [5.74, 6) is -0.476. The highest BCUT2D eigenvalue weighted by Gasteiger charge is 2.32. The van der Waals surface area contributed by atoms with E-state index in [9.17, 15) is 14.4 Å². The van der Waals surface area contributed by atoms with Gasteiger partial charge in [-0.15, -0.1) is 0 Å². The normalized spacial score (nSPS) is 19.7. The molecule has 1 rings (SSSR count). The number of ketones is 1. The first kappa shape index (κ1) is 23.3. The number of carbonyl (C=O) groups excluding carboxylic acids is 3. The molecule has 0 aromatic carbocycles. The van der Waals surface area contributed by atoms with E-state index in [2.05, 4.69) is 10.7 Å². The van der Waals surface area contributed by atoms with Gasteiger partial charge in [-0.2, -0.15) is 0 Å². The summed E-state index contributed by atoms with van der Waals surface area (Å²) in [4.78, 5) is 36.5. The Morgan fingerprint density at radius 2 is 1.88 bits per heavy atom. The molecule has 1 saturated heterocycles. The Bertz CT molecular complexity index is 532. The molecule has 2 N–H and O–H groups in total. The third kappa shape index (κ3) is 8.75. The molecular formula is C16H26Cl3N3O4. The van der Waals surface area contributed by atoms with Crippen LogP contribution < -0.4 is 10.7 Å². The molecule has 10 heteroatoms. The van der Waals surface area contributed by atoms with Crippen LogP contribution in [-0.4, -0.2) is 50.8 Å². The average molecular weight is 431 g/mol. The molecule has 0 aromatic rings. The van der Waals surface area contributed by atoms with E-state index in [0.717, 1.165) is 0 Å². The Kier molecular flexibility index (Phi) is 8.45. The summed E-state index contributed by atoms with van der Waals surface area (Å²) in [6.45, 7) is 7.20. The molecule has 1 aliphatic rings. The molecule has 1 aliphatic heterocycles. The highest BCUT2D eigenvalue weighted by atomic mass is 35.6. The lowest BCUT2D eigenvalue weighted by Gasteiger charge is -2.35. The number of alkyl halides is 3. The van der Waals surface area contributed by atoms with Crippen molar-refractivity contribution in [2.75, 3.05) is 6.54 Å². The first-order valence-corrected chi connectivity index (χ1v) is 9.58. The van der Waals surface area contributed by atoms with Crippen LogP contribution in [0.1, 0.15) is 53.4 Å². The van der Waals surface area contributed by atoms with Gasteiger partial charge in [-0.1, -0.05) is 34.8 Å². The van der Waals surface area contributed by atoms with E-state index in [1.54, 1.807) is 27.7 Å². The van der Waals surface area contributed by atoms with Crippen molar-refractivity contribution in [3.63, 3.8) is 0 Å². The zero-order chi connectivity index (χ0) is 20.1. The SMILES string of the molecule is C[C@H](NC(=O)OC(C)(C)C)C(=O)N1CCC[C@@H](C(=O)CCC(Cl)(Cl)Cl)N1. The molecule has 7 nitrogen and oxygen atoms in total. The van der Waals surface area contributed by atoms with E-state index in [1.165, 1.54) is 5.01 Å². The minimum Gasteiger partial charge on any atom is -0.444 e. The molecule has 1 fully saturated rings. The number of carbonyl (C=O) groups is 3. The van der Waals surface area contributed by atoms with E-state index in [4.69, 9.17) is 39.5 Å². The van der Waals surface area contributed by atoms with Crippen molar-refractivity contribution in [3.8, 4) is 0 Å². The number of alkyl carbamates (subject to hydrolysis) is 1. The first-order chi connectivity index (χ1) is 11.8. The number of nitrogens with one attached hydrogen (secondary N) is 2. The summed E-state index contributed by atoms with van der Waals surface area (Å²) in [5, 5.41) is 3.84. The van der Waals surface area contributed by atoms with Crippen LogP contribution in [0.15, 0.2) is 0 Å². The zero-order valence-electron chi connectivity index (χ0n) is 15.4. The first-order valence-electron chi connectivity index (χ1n) is 8.45. The van der Waals surface area contributed by atoms with E-state index in [-0.39, 0.29) is 24.5 Å². The second-order valence-electron chi connectivity index (χ2n) is 7.26. The largest absolute Gasteiger partial charge is 0.444 e. The Morgan fingerprint density at radius 3 is 2.42 bits per heavy atom. The highest BCUT2D eigenvalue weighted by Crippen LogP contribution is 2.31. The quantitative estimate of drug-likeness (QED) is 0.654. The smallest absolute Gasteiger partial charge is 0.408 e. The van der Waals surface area contributed by atoms with Gasteiger partial charge in [0.15, 0.2) is 9.58 Å². The molecule has 0 unspecified atom stereocenters. The summed E-state index contributed by atoms with van der Waals surface area (Å²) in [7, 11) is 0. The van der Waals surface area contributed by atoms with Crippen LogP contribution in [0.3, 0.4) is 0 Å². The van der Waals surface area contributed by atoms with Gasteiger partial charge in [0.05, 0.1) is 6.04 Å². The summed E-state index contributed by atoms with van der Waals surface area (Å²) < 4.78 is 3.66. The lowest BCUT2D eigenvalue weighted by atomic mass is 10.0. The molecular weight excluding hydrogens is 405 g/mol. The Hall–Kier alpha value is -0.760. The van der Waals surface area contributed by atoms with E-state index in [1.807, 2.05) is 0 Å². The van der Waals surface area contributed by atoms with Gasteiger partial charge < -0.3 is 10.1 Å². The number of halogens is 3. The van der Waals surface area contributed by atoms with Gasteiger partial charge in [0.25, 0.3) is 5.91 Å². The van der Waals surface area contributed by atoms with Gasteiger partial charge in [0.1, 0.15) is 11.6 Å². The molecule has 2 amide bonds. The molecule has 1 heterocycles. The summed E-state index contributed by atoms with van der Waals surface area (Å²) in [5.41, 5.74) is 2.25. The van der Waals surface area contributed by atoms with Gasteiger partial charge in [-0.25, -0.2) is 10.2 Å². The number of ether oxygens (including phenoxy) is 1. The van der Waals surface area contributed by atoms with Crippen molar-refractivity contribution in [2.24, 2.45) is 0 Å². The van der Waals surface area contributed by atoms with Crippen LogP contribution in [0.25, 0.3) is 0 Å². The van der Waals surface area contributed by atoms with Crippen molar-refractivity contribution in [1.82, 2.24) is 15.8 Å². The average Bonchev–Trinajstić information content (AvgIpc) is 2.49. The van der Waals surface area contributed by atoms with Crippen molar-refractivity contribution in [3.05, 3.63) is 0 Å². The number of nitrogens with zero attached hydrogens (tertiary/aromatic N) is 1. The van der Waals surface area contributed by atoms with Gasteiger partial charge in [0, 0.05) is 19.4 Å². The lowest BCUT2D eigenvalue weighted by molar-refractivity contribution is -0.140. The van der Waals surface area contributed by atoms with Gasteiger partial charge in [-0.3, -0.25) is 14.6 Å². The van der Waals surface area contributed by atoms with Crippen LogP contribution in [0.4, 0.5) is 4.79 Å². The molecule has 0 spiro atoms. The predicted molar refractivity (Wildman–Crippen MR) is 101 cm³/mol. The van der Waals surface area contributed by atoms with Crippen molar-refractivity contribution < 1.29 is 19.1 Å². The number of hydrogen-bond acceptors (Lipinski definition) is 5. The molecule has 0 aliphatic carbocycles. The van der Waals surface area contributed by atoms with Gasteiger partial charge in [-0.05, 0) is 40.5 Å². The number of amides is 2. The van der Waals surface area contributed by atoms with Crippen LogP contribution in [0.2, 0.25) is 0 Å². The van der Waals surface area contributed by atoms with Gasteiger partial charge >= 0.3 is 6.09 Å². The molecule has 0 saturated carbocycles. The second kappa shape index (κ2) is 9.44. The molecule has 2 atom stereocenters. The summed E-state index contributed by atoms with van der Waals surface area (Å²) in [6, 6.07) is -1.32. The van der Waals surface area contributed by atoms with Crippen molar-refractivity contribution in [1.29, 1.82) is 0 Å². The van der Waals surface area contributed by atoms with Crippen molar-refractivity contribution in [2.45, 2.75) is 74.9 Å². The molecule has 26 heavy (non-hydrogen) atoms. The maximum Gasteiger partial charge on any atom is 0.408 e. The van der Waals surface area contributed by atoms with Crippen molar-refractivity contribution >= 4 is 52.6 Å². The number of hydrazine groups is 1. The van der Waals surface area contributed by atoms with Gasteiger partial charge in [0.2, 0.25) is 0 Å². The minimum absolute atomic E-state index is 0.0991. The zero-order valence-corrected chi connectivity index (χ0v) is 17.7. The fourth-order valence-electron chi connectivity index (χ4n) is 2.40. The van der Waals surface area contributed by atoms with E-state index in [0.29, 0.717) is 19.4 Å². The number of hydrogen-bond donors (Lipinski definition) is 2. The fourth-order valence-corrected chi connectivity index (χ4v) is 2.68. The highest BCUT2D eigenvalue weighted by molar-refractivity contribution is 6.67. The molecule has 150 valence electrons. The fraction of sp³-hybridized carbons (Fsp3) is 0.812. The Morgan fingerprint density at radius 1 is 1.27 bits per heavy atom. The third-order valence-electron chi connectivity index (χ3n) is 3.60. The Labute approximate surface area is 169 Å². The second-order valence-corrected chi connectivity index (χ2v) is 9.78. The minimum atomic E-state index is -1.48. The van der Waals surface area contributed by atoms with Crippen LogP contribution in [0, 0.1) is 0 Å². The summed E-state index contributed by atoms with van der Waals surface area (Å²) >= 11 is 17.0. The maximum atomic E-state index is 12.5. The molecule has 0 aromatic heterocycles. The van der Waals surface area contributed by atoms with Crippen LogP contribution in [-0.2, 0) is 14.3 Å². The Balaban J connectivity index is 2.56. The third-order valence-corrected chi connectivity index (χ3v) is 4.17. The summed E-state index contributed by atoms with van der Waals surface area (Å²) in [6.07, 6.45) is 0.783. The number of rotatable bonds is 5. The van der Waals surface area contributed by atoms with Crippen LogP contribution >= 0.6 is 34.8 Å². The van der Waals surface area contributed by atoms with E-state index < -0.39 is 27.6 Å². The molecule has 0 bridgehead atoms. The monoisotopic (exact) mass is 429 g/mol. The standard InChI is InChI=1S/C16H26Cl3N3O4/c1-10(20-14(25)26-15(2,3)4)13(24)22-9-5-6-11(21-22)12(23)7-8-16(17,18)19/h10-11,21H,5-9H2,1-4H3,(H,20,25)/t10-,11-/m0/s1. The predicted octanol–water partition coefficient (Wildman–Crippen LogP) is 3.11. The molecule has 0 radical (unpaired) electrons. The topological polar surface area (TPSA) is 87.7 Å². The maximum absolute atomic E-state index is 12.5. The van der Waals surface area contributed by atoms with E-state index >= 15 is 0 Å².